The van der Waals surface area contributed by atoms with Gasteiger partial charge in [0.25, 0.3) is 0 Å². The van der Waals surface area contributed by atoms with Gasteiger partial charge >= 0.3 is 5.97 Å². The van der Waals surface area contributed by atoms with Crippen LogP contribution in [0.15, 0.2) is 67.0 Å². The molecule has 0 bridgehead atoms. The maximum absolute atomic E-state index is 11.4. The molecule has 4 nitrogen and oxygen atoms in total. The maximum atomic E-state index is 11.4. The highest BCUT2D eigenvalue weighted by molar-refractivity contribution is 5.89. The average Bonchev–Trinajstić information content (AvgIpc) is 2.78. The Morgan fingerprint density at radius 2 is 1.97 bits per heavy atom. The van der Waals surface area contributed by atoms with Crippen LogP contribution in [-0.4, -0.2) is 22.7 Å². The van der Waals surface area contributed by atoms with Gasteiger partial charge in [-0.1, -0.05) is 36.4 Å². The molecule has 3 aromatic rings. The van der Waals surface area contributed by atoms with Gasteiger partial charge in [0.05, 0.1) is 12.2 Å². The second-order valence-corrected chi connectivity index (χ2v) is 7.91. The van der Waals surface area contributed by atoms with Crippen molar-refractivity contribution in [3.8, 4) is 5.75 Å². The minimum Gasteiger partial charge on any atom is -0.493 e. The number of hydrogen-bond donors (Lipinski definition) is 1. The van der Waals surface area contributed by atoms with Gasteiger partial charge in [-0.15, -0.1) is 0 Å². The molecule has 1 atom stereocenters. The maximum Gasteiger partial charge on any atom is 0.336 e. The molecule has 0 saturated heterocycles. The Kier molecular flexibility index (Phi) is 6.43. The van der Waals surface area contributed by atoms with E-state index in [1.165, 1.54) is 16.7 Å². The van der Waals surface area contributed by atoms with Crippen LogP contribution in [-0.2, 0) is 19.3 Å². The number of aromatic nitrogens is 1. The summed E-state index contributed by atoms with van der Waals surface area (Å²) in [5.74, 6) is 0.508. The average molecular weight is 402 g/mol. The van der Waals surface area contributed by atoms with Crippen LogP contribution in [0.25, 0.3) is 0 Å². The van der Waals surface area contributed by atoms with Crippen molar-refractivity contribution in [1.82, 2.24) is 4.98 Å². The fourth-order valence-electron chi connectivity index (χ4n) is 4.38. The summed E-state index contributed by atoms with van der Waals surface area (Å²) in [4.78, 5) is 15.6. The van der Waals surface area contributed by atoms with E-state index in [-0.39, 0.29) is 0 Å². The minimum absolute atomic E-state index is 0.364. The first-order chi connectivity index (χ1) is 14.7. The van der Waals surface area contributed by atoms with Gasteiger partial charge in [-0.2, -0.15) is 0 Å². The van der Waals surface area contributed by atoms with Crippen molar-refractivity contribution in [3.63, 3.8) is 0 Å². The summed E-state index contributed by atoms with van der Waals surface area (Å²) in [5.41, 5.74) is 5.22. The lowest BCUT2D eigenvalue weighted by molar-refractivity contribution is 0.0695. The predicted octanol–water partition coefficient (Wildman–Crippen LogP) is 5.45. The van der Waals surface area contributed by atoms with Crippen LogP contribution in [0.1, 0.15) is 57.8 Å². The Labute approximate surface area is 177 Å². The van der Waals surface area contributed by atoms with Gasteiger partial charge in [-0.3, -0.25) is 4.98 Å². The molecule has 0 fully saturated rings. The third kappa shape index (κ3) is 4.88. The first kappa shape index (κ1) is 20.1. The number of pyridine rings is 1. The standard InChI is InChI=1S/C26H27NO3/c28-26(29)25-13-15-27-18-22(25)10-9-20-7-4-8-21-17-23(11-12-24(20)21)30-16-14-19-5-2-1-3-6-19/h1-3,5-6,11-13,15,17-18,20H,4,7-10,14,16H2,(H,28,29)/t20-/m0/s1. The molecule has 0 aliphatic heterocycles. The fraction of sp³-hybridized carbons (Fsp3) is 0.308. The van der Waals surface area contributed by atoms with Gasteiger partial charge in [0.1, 0.15) is 5.75 Å². The van der Waals surface area contributed by atoms with E-state index in [2.05, 4.69) is 47.4 Å². The molecular formula is C26H27NO3. The molecule has 1 heterocycles. The monoisotopic (exact) mass is 401 g/mol. The number of rotatable bonds is 8. The molecule has 4 rings (SSSR count). The van der Waals surface area contributed by atoms with Crippen molar-refractivity contribution in [2.75, 3.05) is 6.61 Å². The van der Waals surface area contributed by atoms with Crippen molar-refractivity contribution < 1.29 is 14.6 Å². The number of carboxylic acids is 1. The Morgan fingerprint density at radius 3 is 2.80 bits per heavy atom. The molecule has 1 N–H and O–H groups in total. The number of fused-ring (bicyclic) bond motifs is 1. The van der Waals surface area contributed by atoms with Crippen LogP contribution in [0.2, 0.25) is 0 Å². The highest BCUT2D eigenvalue weighted by Gasteiger charge is 2.21. The number of aryl methyl sites for hydroxylation is 2. The molecular weight excluding hydrogens is 374 g/mol. The summed E-state index contributed by atoms with van der Waals surface area (Å²) in [7, 11) is 0. The number of nitrogens with zero attached hydrogens (tertiary/aromatic N) is 1. The number of carbonyl (C=O) groups is 1. The molecule has 0 saturated carbocycles. The summed E-state index contributed by atoms with van der Waals surface area (Å²) in [6.45, 7) is 0.672. The topological polar surface area (TPSA) is 59.4 Å². The van der Waals surface area contributed by atoms with Gasteiger partial charge < -0.3 is 9.84 Å². The SMILES string of the molecule is O=C(O)c1ccncc1CC[C@@H]1CCCc2cc(OCCc3ccccc3)ccc21. The van der Waals surface area contributed by atoms with E-state index in [9.17, 15) is 9.90 Å². The molecule has 0 unspecified atom stereocenters. The Hall–Kier alpha value is -3.14. The third-order valence-electron chi connectivity index (χ3n) is 5.95. The lowest BCUT2D eigenvalue weighted by Crippen LogP contribution is -2.12. The van der Waals surface area contributed by atoms with Gasteiger partial charge in [0, 0.05) is 18.8 Å². The summed E-state index contributed by atoms with van der Waals surface area (Å²) in [5, 5.41) is 9.39. The van der Waals surface area contributed by atoms with Crippen LogP contribution in [0.3, 0.4) is 0 Å². The normalized spacial score (nSPS) is 15.4. The number of carboxylic acid groups (broad SMARTS) is 1. The lowest BCUT2D eigenvalue weighted by atomic mass is 9.79. The Bertz CT molecular complexity index is 1000. The smallest absolute Gasteiger partial charge is 0.336 e. The van der Waals surface area contributed by atoms with E-state index in [1.54, 1.807) is 18.5 Å². The van der Waals surface area contributed by atoms with E-state index < -0.39 is 5.97 Å². The van der Waals surface area contributed by atoms with Crippen LogP contribution in [0, 0.1) is 0 Å². The molecule has 154 valence electrons. The van der Waals surface area contributed by atoms with E-state index in [0.717, 1.165) is 49.8 Å². The molecule has 0 amide bonds. The van der Waals surface area contributed by atoms with E-state index in [1.807, 2.05) is 6.07 Å². The van der Waals surface area contributed by atoms with E-state index >= 15 is 0 Å². The van der Waals surface area contributed by atoms with Gasteiger partial charge in [0.2, 0.25) is 0 Å². The largest absolute Gasteiger partial charge is 0.493 e. The van der Waals surface area contributed by atoms with Crippen LogP contribution < -0.4 is 4.74 Å². The molecule has 0 radical (unpaired) electrons. The van der Waals surface area contributed by atoms with Crippen LogP contribution in [0.4, 0.5) is 0 Å². The third-order valence-corrected chi connectivity index (χ3v) is 5.95. The van der Waals surface area contributed by atoms with Crippen molar-refractivity contribution in [3.05, 3.63) is 94.8 Å². The molecule has 4 heteroatoms. The van der Waals surface area contributed by atoms with Crippen LogP contribution in [0.5, 0.6) is 5.75 Å². The molecule has 1 aliphatic rings. The summed E-state index contributed by atoms with van der Waals surface area (Å²) in [6.07, 6.45) is 9.18. The molecule has 0 spiro atoms. The highest BCUT2D eigenvalue weighted by Crippen LogP contribution is 2.36. The number of ether oxygens (including phenoxy) is 1. The Balaban J connectivity index is 1.39. The van der Waals surface area contributed by atoms with Crippen molar-refractivity contribution in [2.24, 2.45) is 0 Å². The highest BCUT2D eigenvalue weighted by atomic mass is 16.5. The van der Waals surface area contributed by atoms with Crippen molar-refractivity contribution in [1.29, 1.82) is 0 Å². The molecule has 1 aromatic heterocycles. The lowest BCUT2D eigenvalue weighted by Gasteiger charge is -2.26. The Morgan fingerprint density at radius 1 is 1.10 bits per heavy atom. The first-order valence-electron chi connectivity index (χ1n) is 10.7. The van der Waals surface area contributed by atoms with Gasteiger partial charge in [-0.05, 0) is 78.5 Å². The summed E-state index contributed by atoms with van der Waals surface area (Å²) in [6, 6.07) is 18.5. The second-order valence-electron chi connectivity index (χ2n) is 7.91. The number of benzene rings is 2. The van der Waals surface area contributed by atoms with Crippen LogP contribution >= 0.6 is 0 Å². The second kappa shape index (κ2) is 9.57. The molecule has 2 aromatic carbocycles. The molecule has 30 heavy (non-hydrogen) atoms. The zero-order chi connectivity index (χ0) is 20.8. The zero-order valence-corrected chi connectivity index (χ0v) is 17.1. The number of hydrogen-bond acceptors (Lipinski definition) is 3. The first-order valence-corrected chi connectivity index (χ1v) is 10.7. The minimum atomic E-state index is -0.881. The number of aromatic carboxylic acids is 1. The fourth-order valence-corrected chi connectivity index (χ4v) is 4.38. The van der Waals surface area contributed by atoms with E-state index in [0.29, 0.717) is 18.1 Å². The summed E-state index contributed by atoms with van der Waals surface area (Å²) >= 11 is 0. The van der Waals surface area contributed by atoms with Gasteiger partial charge in [0.15, 0.2) is 0 Å². The van der Waals surface area contributed by atoms with E-state index in [4.69, 9.17) is 4.74 Å². The van der Waals surface area contributed by atoms with Crippen molar-refractivity contribution in [2.45, 2.75) is 44.4 Å². The molecule has 1 aliphatic carbocycles. The summed E-state index contributed by atoms with van der Waals surface area (Å²) < 4.78 is 6.01. The zero-order valence-electron chi connectivity index (χ0n) is 17.1. The van der Waals surface area contributed by atoms with Gasteiger partial charge in [-0.25, -0.2) is 4.79 Å². The predicted molar refractivity (Wildman–Crippen MR) is 117 cm³/mol. The van der Waals surface area contributed by atoms with Crippen molar-refractivity contribution >= 4 is 5.97 Å². The quantitative estimate of drug-likeness (QED) is 0.545.